The number of hydrogen-bond acceptors (Lipinski definition) is 0. The van der Waals surface area contributed by atoms with Crippen molar-refractivity contribution in [2.45, 2.75) is 20.3 Å². The molecule has 0 bridgehead atoms. The Morgan fingerprint density at radius 3 is 2.50 bits per heavy atom. The highest BCUT2D eigenvalue weighted by atomic mass is 79.9. The normalized spacial score (nSPS) is 12.0. The summed E-state index contributed by atoms with van der Waals surface area (Å²) in [6.45, 7) is 7.78. The van der Waals surface area contributed by atoms with Gasteiger partial charge in [-0.3, -0.25) is 0 Å². The molecule has 1 rings (SSSR count). The fourth-order valence-electron chi connectivity index (χ4n) is 1.53. The van der Waals surface area contributed by atoms with Crippen LogP contribution in [0.3, 0.4) is 0 Å². The summed E-state index contributed by atoms with van der Waals surface area (Å²) in [4.78, 5) is 1.34. The zero-order valence-corrected chi connectivity index (χ0v) is 16.7. The molecule has 0 saturated carbocycles. The van der Waals surface area contributed by atoms with Crippen LogP contribution in [0.4, 0.5) is 0 Å². The Morgan fingerprint density at radius 2 is 1.95 bits per heavy atom. The number of hydrogen-bond donors (Lipinski definition) is 0. The van der Waals surface area contributed by atoms with E-state index in [4.69, 9.17) is 0 Å². The summed E-state index contributed by atoms with van der Waals surface area (Å²) in [5.74, 6) is 6.34. The summed E-state index contributed by atoms with van der Waals surface area (Å²) in [7, 11) is -0.723. The molecule has 0 amide bonds. The monoisotopic (exact) mass is 378 g/mol. The van der Waals surface area contributed by atoms with Gasteiger partial charge in [0.1, 0.15) is 0 Å². The van der Waals surface area contributed by atoms with Crippen LogP contribution in [0.5, 0.6) is 0 Å². The first kappa shape index (κ1) is 20.8. The molecule has 0 nitrogen and oxygen atoms in total. The lowest BCUT2D eigenvalue weighted by molar-refractivity contribution is 1.46. The maximum atomic E-state index is 3.78. The van der Waals surface area contributed by atoms with Gasteiger partial charge in [-0.15, -0.1) is 0 Å². The number of allylic oxidation sites excluding steroid dienone is 4. The Labute approximate surface area is 146 Å². The van der Waals surface area contributed by atoms with E-state index in [-0.39, 0.29) is 0 Å². The maximum absolute atomic E-state index is 3.78. The molecule has 0 aliphatic carbocycles. The second-order valence-corrected chi connectivity index (χ2v) is 10.1. The predicted octanol–water partition coefficient (Wildman–Crippen LogP) is 6.54. The van der Waals surface area contributed by atoms with E-state index in [2.05, 4.69) is 71.3 Å². The molecule has 120 valence electrons. The summed E-state index contributed by atoms with van der Waals surface area (Å²) in [5.41, 5.74) is 1.04. The van der Waals surface area contributed by atoms with Gasteiger partial charge in [-0.1, -0.05) is 78.6 Å². The van der Waals surface area contributed by atoms with Crippen LogP contribution in [0.1, 0.15) is 25.8 Å². The first-order valence-electron chi connectivity index (χ1n) is 7.35. The highest BCUT2D eigenvalue weighted by Gasteiger charge is 2.06. The predicted molar refractivity (Wildman–Crippen MR) is 110 cm³/mol. The van der Waals surface area contributed by atoms with Crippen LogP contribution in [0, 0.1) is 11.8 Å². The zero-order valence-electron chi connectivity index (χ0n) is 14.3. The molecule has 0 aliphatic rings. The third-order valence-electron chi connectivity index (χ3n) is 2.55. The van der Waals surface area contributed by atoms with Crippen LogP contribution < -0.4 is 0 Å². The first-order chi connectivity index (χ1) is 10.4. The second-order valence-electron chi connectivity index (χ2n) is 5.06. The van der Waals surface area contributed by atoms with Gasteiger partial charge in [-0.25, -0.2) is 10.0 Å². The standard InChI is InChI=1S/C18H21BrS.C2H6/c1-5-10-18(20(2,3)4)14-8-6-7-11-16-12-9-13-17(19)15-16;1-2/h5,8-10,12-15H,1,6H2,2-4H3;1-2H3/b14-8-,18-10+;. The molecular weight excluding hydrogens is 352 g/mol. The van der Waals surface area contributed by atoms with Crippen LogP contribution in [-0.4, -0.2) is 18.8 Å². The van der Waals surface area contributed by atoms with E-state index < -0.39 is 10.0 Å². The highest BCUT2D eigenvalue weighted by Crippen LogP contribution is 2.45. The van der Waals surface area contributed by atoms with E-state index in [0.717, 1.165) is 16.5 Å². The lowest BCUT2D eigenvalue weighted by Crippen LogP contribution is -1.93. The molecular formula is C20H27BrS. The molecule has 0 unspecified atom stereocenters. The van der Waals surface area contributed by atoms with Crippen molar-refractivity contribution in [2.24, 2.45) is 0 Å². The molecule has 0 N–H and O–H groups in total. The third kappa shape index (κ3) is 8.97. The molecule has 0 saturated heterocycles. The fraction of sp³-hybridized carbons (Fsp3) is 0.300. The molecule has 1 aromatic carbocycles. The van der Waals surface area contributed by atoms with Crippen molar-refractivity contribution in [3.63, 3.8) is 0 Å². The van der Waals surface area contributed by atoms with Crippen LogP contribution in [0.25, 0.3) is 0 Å². The van der Waals surface area contributed by atoms with E-state index >= 15 is 0 Å². The Bertz CT molecular complexity index is 578. The van der Waals surface area contributed by atoms with Gasteiger partial charge in [0.15, 0.2) is 0 Å². The maximum Gasteiger partial charge on any atom is 0.0276 e. The van der Waals surface area contributed by atoms with Crippen molar-refractivity contribution in [3.05, 3.63) is 70.1 Å². The summed E-state index contributed by atoms with van der Waals surface area (Å²) < 4.78 is 1.06. The van der Waals surface area contributed by atoms with E-state index in [1.807, 2.05) is 44.2 Å². The van der Waals surface area contributed by atoms with Crippen molar-refractivity contribution in [1.29, 1.82) is 0 Å². The minimum absolute atomic E-state index is 0.723. The minimum atomic E-state index is -0.723. The Hall–Kier alpha value is -1.17. The van der Waals surface area contributed by atoms with E-state index in [1.165, 1.54) is 4.91 Å². The molecule has 0 spiro atoms. The van der Waals surface area contributed by atoms with Crippen LogP contribution in [0.2, 0.25) is 0 Å². The molecule has 0 fully saturated rings. The van der Waals surface area contributed by atoms with Gasteiger partial charge in [-0.05, 0) is 41.9 Å². The van der Waals surface area contributed by atoms with Gasteiger partial charge in [0.25, 0.3) is 0 Å². The Kier molecular flexibility index (Phi) is 10.8. The largest absolute Gasteiger partial charge is 0.223 e. The summed E-state index contributed by atoms with van der Waals surface area (Å²) >= 11 is 3.45. The number of benzene rings is 1. The molecule has 1 aromatic rings. The zero-order chi connectivity index (χ0) is 17.0. The number of halogens is 1. The second kappa shape index (κ2) is 11.4. The SMILES string of the molecule is C=C/C=C(\C=C/CC#Cc1cccc(Br)c1)S(C)(C)C.CC. The average Bonchev–Trinajstić information content (AvgIpc) is 2.47. The topological polar surface area (TPSA) is 0 Å². The average molecular weight is 379 g/mol. The quantitative estimate of drug-likeness (QED) is 0.412. The van der Waals surface area contributed by atoms with Crippen molar-refractivity contribution >= 4 is 26.0 Å². The molecule has 0 radical (unpaired) electrons. The fourth-order valence-corrected chi connectivity index (χ4v) is 2.94. The van der Waals surface area contributed by atoms with E-state index in [9.17, 15) is 0 Å². The highest BCUT2D eigenvalue weighted by molar-refractivity contribution is 9.10. The summed E-state index contributed by atoms with van der Waals surface area (Å²) in [6, 6.07) is 8.05. The van der Waals surface area contributed by atoms with Crippen molar-refractivity contribution in [2.75, 3.05) is 18.8 Å². The minimum Gasteiger partial charge on any atom is -0.223 e. The van der Waals surface area contributed by atoms with Gasteiger partial charge in [0, 0.05) is 16.5 Å². The summed E-state index contributed by atoms with van der Waals surface area (Å²) in [6.07, 6.45) is 15.8. The first-order valence-corrected chi connectivity index (χ1v) is 11.0. The van der Waals surface area contributed by atoms with Gasteiger partial charge in [0.2, 0.25) is 0 Å². The van der Waals surface area contributed by atoms with Crippen LogP contribution in [-0.2, 0) is 0 Å². The van der Waals surface area contributed by atoms with E-state index in [0.29, 0.717) is 0 Å². The molecule has 0 aliphatic heterocycles. The van der Waals surface area contributed by atoms with Crippen LogP contribution in [0.15, 0.2) is 64.5 Å². The van der Waals surface area contributed by atoms with Crippen LogP contribution >= 0.6 is 26.0 Å². The Balaban J connectivity index is 0.00000211. The van der Waals surface area contributed by atoms with Gasteiger partial charge in [0.05, 0.1) is 0 Å². The smallest absolute Gasteiger partial charge is 0.0276 e. The third-order valence-corrected chi connectivity index (χ3v) is 4.73. The molecule has 2 heteroatoms. The molecule has 22 heavy (non-hydrogen) atoms. The van der Waals surface area contributed by atoms with Gasteiger partial charge >= 0.3 is 0 Å². The van der Waals surface area contributed by atoms with Crippen molar-refractivity contribution < 1.29 is 0 Å². The van der Waals surface area contributed by atoms with Crippen molar-refractivity contribution in [3.8, 4) is 11.8 Å². The summed E-state index contributed by atoms with van der Waals surface area (Å²) in [5, 5.41) is 0. The van der Waals surface area contributed by atoms with Gasteiger partial charge in [-0.2, -0.15) is 0 Å². The Morgan fingerprint density at radius 1 is 1.27 bits per heavy atom. The number of rotatable bonds is 4. The molecule has 0 heterocycles. The molecule has 0 aromatic heterocycles. The van der Waals surface area contributed by atoms with E-state index in [1.54, 1.807) is 0 Å². The lowest BCUT2D eigenvalue weighted by Gasteiger charge is -2.26. The lowest BCUT2D eigenvalue weighted by atomic mass is 10.2. The molecule has 0 atom stereocenters. The van der Waals surface area contributed by atoms with Gasteiger partial charge < -0.3 is 0 Å². The van der Waals surface area contributed by atoms with Crippen molar-refractivity contribution in [1.82, 2.24) is 0 Å².